The molecule has 0 spiro atoms. The lowest BCUT2D eigenvalue weighted by Crippen LogP contribution is -2.34. The van der Waals surface area contributed by atoms with Gasteiger partial charge >= 0.3 is 0 Å². The van der Waals surface area contributed by atoms with Crippen LogP contribution in [0.25, 0.3) is 0 Å². The van der Waals surface area contributed by atoms with Gasteiger partial charge in [-0.25, -0.2) is 0 Å². The predicted octanol–water partition coefficient (Wildman–Crippen LogP) is 3.00. The summed E-state index contributed by atoms with van der Waals surface area (Å²) >= 11 is 7.37. The number of furan rings is 1. The Morgan fingerprint density at radius 1 is 1.48 bits per heavy atom. The molecule has 23 heavy (non-hydrogen) atoms. The van der Waals surface area contributed by atoms with Crippen LogP contribution in [-0.2, 0) is 22.7 Å². The van der Waals surface area contributed by atoms with Crippen LogP contribution < -0.4 is 0 Å². The highest BCUT2D eigenvalue weighted by molar-refractivity contribution is 7.16. The lowest BCUT2D eigenvalue weighted by atomic mass is 10.1. The number of rotatable bonds is 5. The Bertz CT molecular complexity index is 698. The van der Waals surface area contributed by atoms with Gasteiger partial charge < -0.3 is 14.2 Å². The number of thiophene rings is 1. The first-order valence-electron chi connectivity index (χ1n) is 7.32. The molecule has 2 aromatic heterocycles. The molecular weight excluding hydrogens is 336 g/mol. The molecule has 3 rings (SSSR count). The summed E-state index contributed by atoms with van der Waals surface area (Å²) in [6, 6.07) is 7.36. The maximum atomic E-state index is 12.5. The van der Waals surface area contributed by atoms with Crippen molar-refractivity contribution in [2.24, 2.45) is 5.92 Å². The Morgan fingerprint density at radius 3 is 2.96 bits per heavy atom. The van der Waals surface area contributed by atoms with Gasteiger partial charge in [0.15, 0.2) is 0 Å². The van der Waals surface area contributed by atoms with Crippen LogP contribution in [0.15, 0.2) is 34.9 Å². The van der Waals surface area contributed by atoms with Crippen molar-refractivity contribution in [3.63, 3.8) is 0 Å². The highest BCUT2D eigenvalue weighted by Gasteiger charge is 2.36. The van der Waals surface area contributed by atoms with Crippen molar-refractivity contribution in [3.8, 4) is 0 Å². The largest absolute Gasteiger partial charge is 0.467 e. The lowest BCUT2D eigenvalue weighted by Gasteiger charge is -2.20. The van der Waals surface area contributed by atoms with Crippen molar-refractivity contribution >= 4 is 34.8 Å². The zero-order valence-corrected chi connectivity index (χ0v) is 14.3. The summed E-state index contributed by atoms with van der Waals surface area (Å²) in [5.41, 5.74) is 0. The second kappa shape index (κ2) is 6.76. The summed E-state index contributed by atoms with van der Waals surface area (Å²) in [4.78, 5) is 29.0. The summed E-state index contributed by atoms with van der Waals surface area (Å²) in [6.07, 6.45) is 1.84. The molecule has 0 radical (unpaired) electrons. The SMILES string of the molecule is CN(Cc1ccc(Cl)s1)C(=O)C1CC(=O)N(Cc2ccco2)C1. The third-order valence-corrected chi connectivity index (χ3v) is 5.10. The van der Waals surface area contributed by atoms with Crippen molar-refractivity contribution in [2.45, 2.75) is 19.5 Å². The average Bonchev–Trinajstić information content (AvgIpc) is 3.23. The van der Waals surface area contributed by atoms with Gasteiger partial charge in [-0.05, 0) is 24.3 Å². The van der Waals surface area contributed by atoms with E-state index in [1.165, 1.54) is 11.3 Å². The number of nitrogens with zero attached hydrogens (tertiary/aromatic N) is 2. The third-order valence-electron chi connectivity index (χ3n) is 3.89. The maximum Gasteiger partial charge on any atom is 0.228 e. The molecule has 1 unspecified atom stereocenters. The third kappa shape index (κ3) is 3.76. The Balaban J connectivity index is 1.58. The number of carbonyl (C=O) groups excluding carboxylic acids is 2. The van der Waals surface area contributed by atoms with Crippen molar-refractivity contribution in [2.75, 3.05) is 13.6 Å². The first-order valence-corrected chi connectivity index (χ1v) is 8.51. The molecule has 0 N–H and O–H groups in total. The van der Waals surface area contributed by atoms with Crippen molar-refractivity contribution in [3.05, 3.63) is 45.5 Å². The van der Waals surface area contributed by atoms with Crippen LogP contribution in [-0.4, -0.2) is 35.2 Å². The fraction of sp³-hybridized carbons (Fsp3) is 0.375. The number of hydrogen-bond acceptors (Lipinski definition) is 4. The smallest absolute Gasteiger partial charge is 0.228 e. The van der Waals surface area contributed by atoms with Crippen LogP contribution in [0.5, 0.6) is 0 Å². The molecule has 2 amide bonds. The molecule has 1 saturated heterocycles. The average molecular weight is 353 g/mol. The Kier molecular flexibility index (Phi) is 4.73. The highest BCUT2D eigenvalue weighted by Crippen LogP contribution is 2.25. The molecule has 0 bridgehead atoms. The van der Waals surface area contributed by atoms with Crippen molar-refractivity contribution in [1.29, 1.82) is 0 Å². The zero-order valence-electron chi connectivity index (χ0n) is 12.7. The Morgan fingerprint density at radius 2 is 2.30 bits per heavy atom. The van der Waals surface area contributed by atoms with E-state index in [0.717, 1.165) is 10.6 Å². The summed E-state index contributed by atoms with van der Waals surface area (Å²) < 4.78 is 5.98. The number of amides is 2. The van der Waals surface area contributed by atoms with Gasteiger partial charge in [0.1, 0.15) is 5.76 Å². The van der Waals surface area contributed by atoms with Crippen LogP contribution in [0.1, 0.15) is 17.1 Å². The highest BCUT2D eigenvalue weighted by atomic mass is 35.5. The number of hydrogen-bond donors (Lipinski definition) is 0. The van der Waals surface area contributed by atoms with Gasteiger partial charge in [0.05, 0.1) is 29.6 Å². The first-order chi connectivity index (χ1) is 11.0. The van der Waals surface area contributed by atoms with E-state index in [4.69, 9.17) is 16.0 Å². The molecule has 0 saturated carbocycles. The zero-order chi connectivity index (χ0) is 16.4. The molecule has 0 aromatic carbocycles. The van der Waals surface area contributed by atoms with Crippen LogP contribution in [0.4, 0.5) is 0 Å². The van der Waals surface area contributed by atoms with Gasteiger partial charge in [-0.3, -0.25) is 9.59 Å². The quantitative estimate of drug-likeness (QED) is 0.831. The summed E-state index contributed by atoms with van der Waals surface area (Å²) in [6.45, 7) is 1.37. The van der Waals surface area contributed by atoms with Crippen LogP contribution in [0.2, 0.25) is 4.34 Å². The van der Waals surface area contributed by atoms with Gasteiger partial charge in [0, 0.05) is 24.9 Å². The summed E-state index contributed by atoms with van der Waals surface area (Å²) in [7, 11) is 1.76. The standard InChI is InChI=1S/C16H17ClN2O3S/c1-18(10-13-4-5-14(17)23-13)16(21)11-7-15(20)19(8-11)9-12-3-2-6-22-12/h2-6,11H,7-10H2,1H3. The van der Waals surface area contributed by atoms with E-state index in [1.807, 2.05) is 18.2 Å². The number of carbonyl (C=O) groups is 2. The fourth-order valence-electron chi connectivity index (χ4n) is 2.74. The molecule has 1 fully saturated rings. The van der Waals surface area contributed by atoms with E-state index in [0.29, 0.717) is 24.0 Å². The molecule has 5 nitrogen and oxygen atoms in total. The summed E-state index contributed by atoms with van der Waals surface area (Å²) in [5, 5.41) is 0. The Hall–Kier alpha value is -1.79. The normalized spacial score (nSPS) is 17.7. The number of halogens is 1. The molecule has 1 aliphatic rings. The Labute approximate surface area is 143 Å². The molecule has 1 aliphatic heterocycles. The van der Waals surface area contributed by atoms with Gasteiger partial charge in [-0.1, -0.05) is 11.6 Å². The van der Waals surface area contributed by atoms with Crippen molar-refractivity contribution in [1.82, 2.24) is 9.80 Å². The second-order valence-corrected chi connectivity index (χ2v) is 7.45. The van der Waals surface area contributed by atoms with E-state index in [1.54, 1.807) is 29.2 Å². The second-order valence-electron chi connectivity index (χ2n) is 5.65. The molecule has 122 valence electrons. The molecule has 1 atom stereocenters. The van der Waals surface area contributed by atoms with Crippen LogP contribution in [0, 0.1) is 5.92 Å². The molecule has 2 aromatic rings. The first kappa shape index (κ1) is 16.1. The predicted molar refractivity (Wildman–Crippen MR) is 88.0 cm³/mol. The molecule has 7 heteroatoms. The van der Waals surface area contributed by atoms with Gasteiger partial charge in [-0.2, -0.15) is 0 Å². The van der Waals surface area contributed by atoms with Gasteiger partial charge in [-0.15, -0.1) is 11.3 Å². The van der Waals surface area contributed by atoms with Crippen molar-refractivity contribution < 1.29 is 14.0 Å². The van der Waals surface area contributed by atoms with Gasteiger partial charge in [0.25, 0.3) is 0 Å². The minimum absolute atomic E-state index is 0.00711. The molecular formula is C16H17ClN2O3S. The van der Waals surface area contributed by atoms with E-state index < -0.39 is 0 Å². The molecule has 0 aliphatic carbocycles. The minimum Gasteiger partial charge on any atom is -0.467 e. The van der Waals surface area contributed by atoms with E-state index >= 15 is 0 Å². The maximum absolute atomic E-state index is 12.5. The van der Waals surface area contributed by atoms with Crippen LogP contribution >= 0.6 is 22.9 Å². The fourth-order valence-corrected chi connectivity index (χ4v) is 3.88. The van der Waals surface area contributed by atoms with E-state index in [9.17, 15) is 9.59 Å². The van der Waals surface area contributed by atoms with Crippen LogP contribution in [0.3, 0.4) is 0 Å². The monoisotopic (exact) mass is 352 g/mol. The summed E-state index contributed by atoms with van der Waals surface area (Å²) in [5.74, 6) is 0.420. The minimum atomic E-state index is -0.294. The van der Waals surface area contributed by atoms with E-state index in [-0.39, 0.29) is 24.2 Å². The molecule has 3 heterocycles. The lowest BCUT2D eigenvalue weighted by molar-refractivity contribution is -0.135. The topological polar surface area (TPSA) is 53.8 Å². The van der Waals surface area contributed by atoms with Gasteiger partial charge in [0.2, 0.25) is 11.8 Å². The van der Waals surface area contributed by atoms with E-state index in [2.05, 4.69) is 0 Å². The number of likely N-dealkylation sites (tertiary alicyclic amines) is 1.